The van der Waals surface area contributed by atoms with Crippen molar-refractivity contribution in [1.82, 2.24) is 31.5 Å². The number of nitrogens with two attached hydrogens (primary N) is 1. The van der Waals surface area contributed by atoms with Gasteiger partial charge in [-0.25, -0.2) is 19.2 Å². The lowest BCUT2D eigenvalue weighted by atomic mass is 9.72. The fourth-order valence-corrected chi connectivity index (χ4v) is 8.17. The molecule has 11 N–H and O–H groups in total. The maximum absolute atomic E-state index is 13.9. The third-order valence-corrected chi connectivity index (χ3v) is 10.9. The standard InChI is InChI=1S/C46H83N7O16/c1-42(2,3)66-38(58)49-21-18-29(54)36(57)50-28-22-27(52-40(60)68-44(7,8)9)30(33-26(51-39(59)67-43(4,5)6)17-16-25(64-33)23-48-20-15-19-47)31(55)34(28)65-37-32(56)35(46(13,62)24-63-37)53(14)41(61)69-45(10,11)12/h16,26-35,37,48,54-56,62H,15,17-24,47H2,1-14H3,(H,49,58)(H,50,57)(H,51,59)(H,52,60)/t26-,27+,28-,29+,30?,31+,32-,33+,34+,35-,37-,46+/m1/s1. The number of likely N-dealkylation sites (N-methyl/N-ethyl adjacent to an activating group) is 1. The van der Waals surface area contributed by atoms with Crippen LogP contribution in [-0.4, -0.2) is 184 Å². The molecule has 1 unspecified atom stereocenters. The van der Waals surface area contributed by atoms with Crippen molar-refractivity contribution in [2.45, 2.75) is 205 Å². The van der Waals surface area contributed by atoms with Crippen LogP contribution >= 0.6 is 0 Å². The van der Waals surface area contributed by atoms with E-state index in [2.05, 4.69) is 26.6 Å². The number of hydrogen-bond donors (Lipinski definition) is 10. The van der Waals surface area contributed by atoms with E-state index in [4.69, 9.17) is 38.9 Å². The first-order chi connectivity index (χ1) is 31.6. The van der Waals surface area contributed by atoms with Crippen molar-refractivity contribution in [3.05, 3.63) is 11.8 Å². The summed E-state index contributed by atoms with van der Waals surface area (Å²) < 4.78 is 41.1. The Balaban J connectivity index is 2.16. The minimum absolute atomic E-state index is 0.168. The third kappa shape index (κ3) is 19.1. The minimum Gasteiger partial charge on any atom is -0.491 e. The number of hydrogen-bond acceptors (Lipinski definition) is 18. The monoisotopic (exact) mass is 990 g/mol. The normalized spacial score (nSPS) is 29.2. The highest BCUT2D eigenvalue weighted by molar-refractivity contribution is 5.81. The largest absolute Gasteiger partial charge is 0.491 e. The molecular weight excluding hydrogens is 907 g/mol. The summed E-state index contributed by atoms with van der Waals surface area (Å²) in [5, 5.41) is 61.6. The highest BCUT2D eigenvalue weighted by atomic mass is 16.7. The SMILES string of the molecule is CN(C(=O)OC(C)(C)C)[C@@H]1[C@@H](O)[C@@H](O[C@H]2[C@H](NC(=O)[C@@H](O)CCNC(=O)OC(C)(C)C)C[C@H](NC(=O)OC(C)(C)C)C([C@H]3OC(CNCCCN)=CC[C@H]3NC(=O)OC(C)(C)C)[C@@H]2O)OC[C@]1(C)O. The van der Waals surface area contributed by atoms with Crippen LogP contribution in [0.25, 0.3) is 0 Å². The second kappa shape index (κ2) is 24.3. The number of aliphatic hydroxyl groups excluding tert-OH is 3. The number of ether oxygens (including phenoxy) is 7. The van der Waals surface area contributed by atoms with Crippen molar-refractivity contribution < 1.29 is 77.6 Å². The Morgan fingerprint density at radius 2 is 1.36 bits per heavy atom. The van der Waals surface area contributed by atoms with Crippen LogP contribution in [0.4, 0.5) is 19.2 Å². The van der Waals surface area contributed by atoms with Crippen molar-refractivity contribution in [1.29, 1.82) is 0 Å². The van der Waals surface area contributed by atoms with Gasteiger partial charge < -0.3 is 90.8 Å². The molecule has 23 heteroatoms. The van der Waals surface area contributed by atoms with Gasteiger partial charge in [0.1, 0.15) is 58.2 Å². The molecule has 0 aromatic carbocycles. The first-order valence-electron chi connectivity index (χ1n) is 23.6. The van der Waals surface area contributed by atoms with E-state index in [-0.39, 0.29) is 32.4 Å². The molecular formula is C46H83N7O16. The molecule has 5 amide bonds. The van der Waals surface area contributed by atoms with E-state index in [1.165, 1.54) is 14.0 Å². The highest BCUT2D eigenvalue weighted by Crippen LogP contribution is 2.39. The van der Waals surface area contributed by atoms with Gasteiger partial charge in [-0.15, -0.1) is 0 Å². The quantitative estimate of drug-likeness (QED) is 0.0776. The molecule has 2 heterocycles. The first kappa shape index (κ1) is 59.1. The van der Waals surface area contributed by atoms with Crippen LogP contribution in [0.5, 0.6) is 0 Å². The van der Waals surface area contributed by atoms with Gasteiger partial charge in [-0.05, 0) is 135 Å². The molecule has 0 radical (unpaired) electrons. The summed E-state index contributed by atoms with van der Waals surface area (Å²) in [6.07, 6.45) is -10.9. The fourth-order valence-electron chi connectivity index (χ4n) is 8.17. The van der Waals surface area contributed by atoms with Gasteiger partial charge in [-0.3, -0.25) is 4.79 Å². The third-order valence-electron chi connectivity index (χ3n) is 10.9. The van der Waals surface area contributed by atoms with Crippen LogP contribution in [0.2, 0.25) is 0 Å². The van der Waals surface area contributed by atoms with E-state index < -0.39 is 132 Å². The summed E-state index contributed by atoms with van der Waals surface area (Å²) >= 11 is 0. The molecule has 1 aliphatic carbocycles. The van der Waals surface area contributed by atoms with Crippen LogP contribution in [0.3, 0.4) is 0 Å². The summed E-state index contributed by atoms with van der Waals surface area (Å²) in [5.74, 6) is -1.72. The number of aliphatic hydroxyl groups is 4. The second-order valence-electron chi connectivity index (χ2n) is 22.1. The number of nitrogens with one attached hydrogen (secondary N) is 5. The minimum atomic E-state index is -1.86. The molecule has 69 heavy (non-hydrogen) atoms. The van der Waals surface area contributed by atoms with Gasteiger partial charge in [0.05, 0.1) is 37.4 Å². The van der Waals surface area contributed by atoms with Crippen molar-refractivity contribution in [3.8, 4) is 0 Å². The van der Waals surface area contributed by atoms with E-state index in [1.807, 2.05) is 0 Å². The average Bonchev–Trinajstić information content (AvgIpc) is 3.16. The predicted octanol–water partition coefficient (Wildman–Crippen LogP) is 1.61. The molecule has 12 atom stereocenters. The lowest BCUT2D eigenvalue weighted by Crippen LogP contribution is -2.71. The van der Waals surface area contributed by atoms with Crippen molar-refractivity contribution in [2.75, 3.05) is 39.8 Å². The fraction of sp³-hybridized carbons (Fsp3) is 0.848. The maximum atomic E-state index is 13.9. The Labute approximate surface area is 406 Å². The van der Waals surface area contributed by atoms with Gasteiger partial charge in [-0.1, -0.05) is 0 Å². The zero-order chi connectivity index (χ0) is 52.4. The van der Waals surface area contributed by atoms with Gasteiger partial charge in [0.15, 0.2) is 6.29 Å². The molecule has 1 saturated heterocycles. The summed E-state index contributed by atoms with van der Waals surface area (Å²) in [4.78, 5) is 67.6. The van der Waals surface area contributed by atoms with Crippen LogP contribution < -0.4 is 32.3 Å². The Hall–Kier alpha value is -4.23. The number of carbonyl (C=O) groups excluding carboxylic acids is 5. The van der Waals surface area contributed by atoms with Crippen LogP contribution in [-0.2, 0) is 38.0 Å². The lowest BCUT2D eigenvalue weighted by Gasteiger charge is -2.52. The zero-order valence-corrected chi connectivity index (χ0v) is 43.0. The van der Waals surface area contributed by atoms with E-state index in [1.54, 1.807) is 89.2 Å². The second-order valence-corrected chi connectivity index (χ2v) is 22.1. The molecule has 3 aliphatic rings. The van der Waals surface area contributed by atoms with Crippen LogP contribution in [0, 0.1) is 5.92 Å². The number of amides is 5. The maximum Gasteiger partial charge on any atom is 0.410 e. The number of nitrogens with zero attached hydrogens (tertiary/aromatic N) is 1. The molecule has 3 rings (SSSR count). The van der Waals surface area contributed by atoms with Crippen LogP contribution in [0.1, 0.15) is 116 Å². The first-order valence-corrected chi connectivity index (χ1v) is 23.6. The molecule has 23 nitrogen and oxygen atoms in total. The molecule has 0 aromatic rings. The van der Waals surface area contributed by atoms with E-state index in [0.717, 1.165) is 4.90 Å². The Kier molecular flexibility index (Phi) is 20.8. The summed E-state index contributed by atoms with van der Waals surface area (Å²) in [6.45, 7) is 22.0. The number of alkyl carbamates (subject to hydrolysis) is 3. The van der Waals surface area contributed by atoms with Gasteiger partial charge in [0.25, 0.3) is 0 Å². The van der Waals surface area contributed by atoms with Crippen molar-refractivity contribution in [3.63, 3.8) is 0 Å². The molecule has 0 bridgehead atoms. The molecule has 2 aliphatic heterocycles. The number of rotatable bonds is 16. The Morgan fingerprint density at radius 3 is 1.91 bits per heavy atom. The zero-order valence-electron chi connectivity index (χ0n) is 43.0. The van der Waals surface area contributed by atoms with Gasteiger partial charge >= 0.3 is 24.4 Å². The van der Waals surface area contributed by atoms with Crippen LogP contribution in [0.15, 0.2) is 11.8 Å². The molecule has 0 aromatic heterocycles. The lowest BCUT2D eigenvalue weighted by molar-refractivity contribution is -0.305. The van der Waals surface area contributed by atoms with Gasteiger partial charge in [0.2, 0.25) is 5.91 Å². The van der Waals surface area contributed by atoms with Crippen molar-refractivity contribution in [2.24, 2.45) is 11.7 Å². The Morgan fingerprint density at radius 1 is 0.812 bits per heavy atom. The van der Waals surface area contributed by atoms with Gasteiger partial charge in [0, 0.05) is 25.6 Å². The highest BCUT2D eigenvalue weighted by Gasteiger charge is 2.56. The van der Waals surface area contributed by atoms with E-state index in [9.17, 15) is 44.4 Å². The molecule has 0 spiro atoms. The smallest absolute Gasteiger partial charge is 0.410 e. The molecule has 2 fully saturated rings. The Bertz CT molecular complexity index is 1760. The summed E-state index contributed by atoms with van der Waals surface area (Å²) in [6, 6.07) is -4.74. The average molecular weight is 990 g/mol. The number of carbonyl (C=O) groups is 5. The summed E-state index contributed by atoms with van der Waals surface area (Å²) in [7, 11) is 1.33. The van der Waals surface area contributed by atoms with Crippen molar-refractivity contribution >= 4 is 30.3 Å². The molecule has 398 valence electrons. The van der Waals surface area contributed by atoms with E-state index >= 15 is 0 Å². The molecule has 1 saturated carbocycles. The predicted molar refractivity (Wildman–Crippen MR) is 250 cm³/mol. The summed E-state index contributed by atoms with van der Waals surface area (Å²) in [5.41, 5.74) is 0.238. The topological polar surface area (TPSA) is 320 Å². The van der Waals surface area contributed by atoms with E-state index in [0.29, 0.717) is 25.3 Å². The van der Waals surface area contributed by atoms with Gasteiger partial charge in [-0.2, -0.15) is 0 Å².